The molecule has 0 radical (unpaired) electrons. The Morgan fingerprint density at radius 1 is 0.550 bits per heavy atom. The summed E-state index contributed by atoms with van der Waals surface area (Å²) < 4.78 is 5.89. The fourth-order valence-corrected chi connectivity index (χ4v) is 5.03. The summed E-state index contributed by atoms with van der Waals surface area (Å²) in [4.78, 5) is 23.2. The molecule has 4 nitrogen and oxygen atoms in total. The van der Waals surface area contributed by atoms with Crippen LogP contribution in [0.25, 0.3) is 0 Å². The van der Waals surface area contributed by atoms with Gasteiger partial charge in [0, 0.05) is 12.8 Å². The molecule has 0 aliphatic heterocycles. The van der Waals surface area contributed by atoms with Crippen LogP contribution in [0.15, 0.2) is 24.3 Å². The third kappa shape index (κ3) is 31.0. The molecule has 0 spiro atoms. The van der Waals surface area contributed by atoms with Crippen molar-refractivity contribution in [3.05, 3.63) is 24.3 Å². The van der Waals surface area contributed by atoms with E-state index >= 15 is 0 Å². The molecule has 0 saturated heterocycles. The Kier molecular flexibility index (Phi) is 30.7. The number of unbranched alkanes of at least 4 members (excludes halogenated alkanes) is 20. The van der Waals surface area contributed by atoms with E-state index in [1.165, 1.54) is 96.3 Å². The molecule has 0 aromatic carbocycles. The summed E-state index contributed by atoms with van der Waals surface area (Å²) in [5.41, 5.74) is 0. The van der Waals surface area contributed by atoms with E-state index in [-0.39, 0.29) is 18.5 Å². The second-order valence-corrected chi connectivity index (χ2v) is 11.7. The molecule has 1 unspecified atom stereocenters. The number of ether oxygens (including phenoxy) is 1. The van der Waals surface area contributed by atoms with E-state index in [4.69, 9.17) is 9.84 Å². The highest BCUT2D eigenvalue weighted by Gasteiger charge is 2.11. The molecule has 234 valence electrons. The number of carbonyl (C=O) groups excluding carboxylic acids is 1. The first-order valence-corrected chi connectivity index (χ1v) is 17.3. The van der Waals surface area contributed by atoms with E-state index in [1.807, 2.05) is 0 Å². The Bertz CT molecular complexity index is 610. The van der Waals surface area contributed by atoms with Crippen molar-refractivity contribution < 1.29 is 19.4 Å². The molecule has 0 rings (SSSR count). The average molecular weight is 563 g/mol. The molecule has 40 heavy (non-hydrogen) atoms. The Labute approximate surface area is 248 Å². The van der Waals surface area contributed by atoms with E-state index in [9.17, 15) is 9.59 Å². The van der Waals surface area contributed by atoms with Gasteiger partial charge in [0.15, 0.2) is 0 Å². The van der Waals surface area contributed by atoms with Gasteiger partial charge in [-0.15, -0.1) is 0 Å². The van der Waals surface area contributed by atoms with Crippen molar-refractivity contribution in [3.63, 3.8) is 0 Å². The second kappa shape index (κ2) is 31.9. The minimum Gasteiger partial charge on any atom is -0.481 e. The van der Waals surface area contributed by atoms with Gasteiger partial charge in [-0.2, -0.15) is 0 Å². The zero-order valence-electron chi connectivity index (χ0n) is 26.7. The van der Waals surface area contributed by atoms with Gasteiger partial charge in [-0.1, -0.05) is 128 Å². The van der Waals surface area contributed by atoms with Crippen LogP contribution in [-0.2, 0) is 14.3 Å². The Hall–Kier alpha value is -1.58. The zero-order valence-corrected chi connectivity index (χ0v) is 26.7. The topological polar surface area (TPSA) is 63.6 Å². The molecule has 0 aromatic heterocycles. The minimum absolute atomic E-state index is 0.0473. The molecule has 1 atom stereocenters. The fraction of sp³-hybridized carbons (Fsp3) is 0.833. The standard InChI is InChI=1S/C36H66O4/c1-3-5-7-9-11-13-14-15-16-17-19-25-29-33-36(39)40-34(30-26-22-18-12-10-8-6-4-2)31-27-23-20-21-24-28-32-35(37)38/h13-14,26,30,34H,3-12,15-25,27-29,31-33H2,1-2H3,(H,37,38)/b14-13-,30-26-. The predicted octanol–water partition coefficient (Wildman–Crippen LogP) is 11.7. The zero-order chi connectivity index (χ0) is 29.4. The Balaban J connectivity index is 4.11. The van der Waals surface area contributed by atoms with Crippen molar-refractivity contribution in [3.8, 4) is 0 Å². The van der Waals surface area contributed by atoms with Gasteiger partial charge >= 0.3 is 11.9 Å². The highest BCUT2D eigenvalue weighted by atomic mass is 16.5. The van der Waals surface area contributed by atoms with Gasteiger partial charge in [0.2, 0.25) is 0 Å². The van der Waals surface area contributed by atoms with E-state index in [2.05, 4.69) is 38.2 Å². The van der Waals surface area contributed by atoms with Crippen LogP contribution in [0.1, 0.15) is 187 Å². The molecule has 4 heteroatoms. The Morgan fingerprint density at radius 3 is 1.52 bits per heavy atom. The number of aliphatic carboxylic acids is 1. The van der Waals surface area contributed by atoms with E-state index in [0.29, 0.717) is 6.42 Å². The number of hydrogen-bond acceptors (Lipinski definition) is 3. The lowest BCUT2D eigenvalue weighted by Gasteiger charge is -2.15. The van der Waals surface area contributed by atoms with Crippen molar-refractivity contribution in [1.82, 2.24) is 0 Å². The summed E-state index contributed by atoms with van der Waals surface area (Å²) in [7, 11) is 0. The largest absolute Gasteiger partial charge is 0.481 e. The van der Waals surface area contributed by atoms with Gasteiger partial charge in [0.1, 0.15) is 6.10 Å². The first-order chi connectivity index (χ1) is 19.6. The van der Waals surface area contributed by atoms with Crippen LogP contribution in [0.3, 0.4) is 0 Å². The number of carboxylic acids is 1. The van der Waals surface area contributed by atoms with Gasteiger partial charge in [0.05, 0.1) is 0 Å². The minimum atomic E-state index is -0.700. The number of allylic oxidation sites excluding steroid dienone is 3. The summed E-state index contributed by atoms with van der Waals surface area (Å²) in [5.74, 6) is -0.748. The summed E-state index contributed by atoms with van der Waals surface area (Å²) in [5, 5.41) is 8.74. The predicted molar refractivity (Wildman–Crippen MR) is 172 cm³/mol. The lowest BCUT2D eigenvalue weighted by atomic mass is 10.0. The molecular formula is C36H66O4. The third-order valence-corrected chi connectivity index (χ3v) is 7.63. The number of rotatable bonds is 31. The van der Waals surface area contributed by atoms with E-state index in [0.717, 1.165) is 64.2 Å². The third-order valence-electron chi connectivity index (χ3n) is 7.63. The van der Waals surface area contributed by atoms with E-state index in [1.54, 1.807) is 0 Å². The molecular weight excluding hydrogens is 496 g/mol. The van der Waals surface area contributed by atoms with Crippen LogP contribution in [0, 0.1) is 0 Å². The molecule has 0 aromatic rings. The summed E-state index contributed by atoms with van der Waals surface area (Å²) in [6.45, 7) is 4.51. The van der Waals surface area contributed by atoms with Crippen molar-refractivity contribution in [2.75, 3.05) is 0 Å². The van der Waals surface area contributed by atoms with Gasteiger partial charge in [-0.05, 0) is 70.3 Å². The molecule has 0 saturated carbocycles. The molecule has 0 aliphatic rings. The summed E-state index contributed by atoms with van der Waals surface area (Å²) >= 11 is 0. The van der Waals surface area contributed by atoms with Crippen LogP contribution in [0.2, 0.25) is 0 Å². The maximum atomic E-state index is 12.5. The lowest BCUT2D eigenvalue weighted by molar-refractivity contribution is -0.147. The van der Waals surface area contributed by atoms with Gasteiger partial charge < -0.3 is 9.84 Å². The molecule has 0 amide bonds. The Morgan fingerprint density at radius 2 is 0.975 bits per heavy atom. The molecule has 0 fully saturated rings. The number of carbonyl (C=O) groups is 2. The highest BCUT2D eigenvalue weighted by molar-refractivity contribution is 5.69. The molecule has 0 aliphatic carbocycles. The average Bonchev–Trinajstić information content (AvgIpc) is 2.93. The molecule has 1 N–H and O–H groups in total. The van der Waals surface area contributed by atoms with Crippen LogP contribution in [0.5, 0.6) is 0 Å². The quantitative estimate of drug-likeness (QED) is 0.0518. The summed E-state index contributed by atoms with van der Waals surface area (Å²) in [6.07, 6.45) is 39.1. The van der Waals surface area contributed by atoms with E-state index < -0.39 is 5.97 Å². The van der Waals surface area contributed by atoms with Gasteiger partial charge in [-0.3, -0.25) is 9.59 Å². The number of hydrogen-bond donors (Lipinski definition) is 1. The SMILES string of the molecule is CCCCCC/C=C\CCCCCCCC(=O)OC(/C=C\CCCCCCCC)CCCCCCCCC(=O)O. The van der Waals surface area contributed by atoms with Crippen molar-refractivity contribution in [2.24, 2.45) is 0 Å². The highest BCUT2D eigenvalue weighted by Crippen LogP contribution is 2.15. The van der Waals surface area contributed by atoms with Gasteiger partial charge in [0.25, 0.3) is 0 Å². The maximum Gasteiger partial charge on any atom is 0.306 e. The summed E-state index contributed by atoms with van der Waals surface area (Å²) in [6, 6.07) is 0. The van der Waals surface area contributed by atoms with Crippen molar-refractivity contribution in [1.29, 1.82) is 0 Å². The van der Waals surface area contributed by atoms with Gasteiger partial charge in [-0.25, -0.2) is 0 Å². The van der Waals surface area contributed by atoms with Crippen molar-refractivity contribution >= 4 is 11.9 Å². The first kappa shape index (κ1) is 38.4. The second-order valence-electron chi connectivity index (χ2n) is 11.7. The van der Waals surface area contributed by atoms with Crippen molar-refractivity contribution in [2.45, 2.75) is 193 Å². The number of carboxylic acid groups (broad SMARTS) is 1. The lowest BCUT2D eigenvalue weighted by Crippen LogP contribution is -2.16. The number of esters is 1. The van der Waals surface area contributed by atoms with Crippen LogP contribution < -0.4 is 0 Å². The van der Waals surface area contributed by atoms with Crippen LogP contribution >= 0.6 is 0 Å². The fourth-order valence-electron chi connectivity index (χ4n) is 5.03. The maximum absolute atomic E-state index is 12.5. The van der Waals surface area contributed by atoms with Crippen LogP contribution in [0.4, 0.5) is 0 Å². The first-order valence-electron chi connectivity index (χ1n) is 17.3. The monoisotopic (exact) mass is 562 g/mol. The molecule has 0 heterocycles. The smallest absolute Gasteiger partial charge is 0.306 e. The normalized spacial score (nSPS) is 12.4. The van der Waals surface area contributed by atoms with Crippen LogP contribution in [-0.4, -0.2) is 23.1 Å². The molecule has 0 bridgehead atoms.